The smallest absolute Gasteiger partial charge is 0.0607 e. The highest BCUT2D eigenvalue weighted by atomic mass is 79.9. The Labute approximate surface area is 108 Å². The van der Waals surface area contributed by atoms with E-state index in [-0.39, 0.29) is 0 Å². The van der Waals surface area contributed by atoms with Gasteiger partial charge >= 0.3 is 0 Å². The molecule has 0 atom stereocenters. The molecule has 0 aliphatic rings. The van der Waals surface area contributed by atoms with E-state index < -0.39 is 0 Å². The van der Waals surface area contributed by atoms with E-state index in [9.17, 15) is 0 Å². The summed E-state index contributed by atoms with van der Waals surface area (Å²) in [6.45, 7) is 4.17. The van der Waals surface area contributed by atoms with Gasteiger partial charge in [0, 0.05) is 5.88 Å². The zero-order valence-corrected chi connectivity index (χ0v) is 11.7. The fourth-order valence-corrected chi connectivity index (χ4v) is 2.59. The Morgan fingerprint density at radius 2 is 1.86 bits per heavy atom. The summed E-state index contributed by atoms with van der Waals surface area (Å²) >= 11 is 21.4. The van der Waals surface area contributed by atoms with Gasteiger partial charge in [-0.1, -0.05) is 43.1 Å². The number of alkyl halides is 1. The Balaban J connectivity index is 3.40. The molecule has 1 aromatic rings. The lowest BCUT2D eigenvalue weighted by atomic mass is 10.0. The molecule has 0 nitrogen and oxygen atoms in total. The zero-order chi connectivity index (χ0) is 10.9. The first kappa shape index (κ1) is 12.6. The van der Waals surface area contributed by atoms with Crippen LogP contribution in [0.3, 0.4) is 0 Å². The molecule has 0 radical (unpaired) electrons. The molecule has 0 unspecified atom stereocenters. The first-order chi connectivity index (χ1) is 6.49. The lowest BCUT2D eigenvalue weighted by molar-refractivity contribution is 0.863. The van der Waals surface area contributed by atoms with E-state index >= 15 is 0 Å². The lowest BCUT2D eigenvalue weighted by Gasteiger charge is -2.13. The van der Waals surface area contributed by atoms with Crippen molar-refractivity contribution in [2.45, 2.75) is 25.6 Å². The van der Waals surface area contributed by atoms with Crippen LogP contribution in [-0.2, 0) is 5.88 Å². The highest BCUT2D eigenvalue weighted by molar-refractivity contribution is 9.10. The lowest BCUT2D eigenvalue weighted by Crippen LogP contribution is -1.94. The number of rotatable bonds is 2. The van der Waals surface area contributed by atoms with E-state index in [1.54, 1.807) is 0 Å². The van der Waals surface area contributed by atoms with Gasteiger partial charge in [-0.25, -0.2) is 0 Å². The molecule has 0 aromatic heterocycles. The van der Waals surface area contributed by atoms with Crippen molar-refractivity contribution in [1.82, 2.24) is 0 Å². The predicted octanol–water partition coefficient (Wildman–Crippen LogP) is 5.62. The van der Waals surface area contributed by atoms with Crippen molar-refractivity contribution < 1.29 is 0 Å². The van der Waals surface area contributed by atoms with E-state index in [4.69, 9.17) is 34.8 Å². The molecule has 1 rings (SSSR count). The van der Waals surface area contributed by atoms with Crippen LogP contribution in [0, 0.1) is 0 Å². The second-order valence-corrected chi connectivity index (χ2v) is 5.17. The molecule has 0 bridgehead atoms. The molecule has 1 aromatic carbocycles. The van der Waals surface area contributed by atoms with Crippen molar-refractivity contribution in [3.05, 3.63) is 31.7 Å². The normalized spacial score (nSPS) is 11.1. The molecule has 0 N–H and O–H groups in total. The topological polar surface area (TPSA) is 0 Å². The van der Waals surface area contributed by atoms with Crippen LogP contribution >= 0.6 is 50.7 Å². The Morgan fingerprint density at radius 3 is 2.29 bits per heavy atom. The first-order valence-electron chi connectivity index (χ1n) is 4.21. The second kappa shape index (κ2) is 5.07. The number of hydrogen-bond acceptors (Lipinski definition) is 0. The third-order valence-corrected chi connectivity index (χ3v) is 4.39. The van der Waals surface area contributed by atoms with Crippen molar-refractivity contribution in [2.75, 3.05) is 0 Å². The molecule has 14 heavy (non-hydrogen) atoms. The summed E-state index contributed by atoms with van der Waals surface area (Å²) in [6.07, 6.45) is 0. The summed E-state index contributed by atoms with van der Waals surface area (Å²) in [4.78, 5) is 0. The van der Waals surface area contributed by atoms with E-state index in [0.717, 1.165) is 15.6 Å². The minimum Gasteiger partial charge on any atom is -0.121 e. The summed E-state index contributed by atoms with van der Waals surface area (Å²) in [5.41, 5.74) is 1.98. The molecular weight excluding hydrogens is 306 g/mol. The van der Waals surface area contributed by atoms with Crippen LogP contribution in [0.1, 0.15) is 30.9 Å². The van der Waals surface area contributed by atoms with Crippen LogP contribution in [0.15, 0.2) is 10.5 Å². The quantitative estimate of drug-likeness (QED) is 0.491. The van der Waals surface area contributed by atoms with E-state index in [0.29, 0.717) is 21.8 Å². The average Bonchev–Trinajstić information content (AvgIpc) is 2.14. The molecule has 0 saturated carbocycles. The summed E-state index contributed by atoms with van der Waals surface area (Å²) in [5, 5.41) is 1.29. The van der Waals surface area contributed by atoms with E-state index in [1.165, 1.54) is 0 Å². The molecule has 78 valence electrons. The van der Waals surface area contributed by atoms with Crippen LogP contribution in [0.5, 0.6) is 0 Å². The minimum absolute atomic E-state index is 0.359. The first-order valence-corrected chi connectivity index (χ1v) is 6.29. The zero-order valence-electron chi connectivity index (χ0n) is 7.87. The summed E-state index contributed by atoms with van der Waals surface area (Å²) in [5.74, 6) is 0.756. The Bertz CT molecular complexity index is 348. The average molecular weight is 316 g/mol. The van der Waals surface area contributed by atoms with Crippen LogP contribution in [0.25, 0.3) is 0 Å². The van der Waals surface area contributed by atoms with Crippen LogP contribution in [0.2, 0.25) is 10.0 Å². The van der Waals surface area contributed by atoms with Gasteiger partial charge in [-0.15, -0.1) is 11.6 Å². The van der Waals surface area contributed by atoms with Gasteiger partial charge in [-0.05, 0) is 33.0 Å². The Kier molecular flexibility index (Phi) is 4.57. The van der Waals surface area contributed by atoms with Gasteiger partial charge in [0.05, 0.1) is 14.5 Å². The van der Waals surface area contributed by atoms with Crippen LogP contribution in [0.4, 0.5) is 0 Å². The molecule has 0 heterocycles. The van der Waals surface area contributed by atoms with Gasteiger partial charge in [-0.2, -0.15) is 0 Å². The maximum Gasteiger partial charge on any atom is 0.0607 e. The predicted molar refractivity (Wildman–Crippen MR) is 67.8 cm³/mol. The maximum absolute atomic E-state index is 6.15. The standard InChI is InChI=1S/C10H10BrCl3/c1-5(2)7-3-6(4-12)9(13)8(11)10(7)14/h3,5H,4H2,1-2H3. The van der Waals surface area contributed by atoms with Crippen molar-refractivity contribution >= 4 is 50.7 Å². The number of hydrogen-bond donors (Lipinski definition) is 0. The molecule has 0 aliphatic heterocycles. The largest absolute Gasteiger partial charge is 0.121 e. The van der Waals surface area contributed by atoms with Crippen molar-refractivity contribution in [2.24, 2.45) is 0 Å². The number of benzene rings is 1. The highest BCUT2D eigenvalue weighted by Crippen LogP contribution is 2.39. The molecule has 0 spiro atoms. The third kappa shape index (κ3) is 2.38. The summed E-state index contributed by atoms with van der Waals surface area (Å²) in [6, 6.07) is 1.97. The van der Waals surface area contributed by atoms with Crippen molar-refractivity contribution in [3.63, 3.8) is 0 Å². The molecule has 0 fully saturated rings. The summed E-state index contributed by atoms with van der Waals surface area (Å²) < 4.78 is 0.739. The van der Waals surface area contributed by atoms with Gasteiger partial charge in [-0.3, -0.25) is 0 Å². The molecule has 0 aliphatic carbocycles. The molecular formula is C10H10BrCl3. The minimum atomic E-state index is 0.359. The van der Waals surface area contributed by atoms with Crippen LogP contribution < -0.4 is 0 Å². The Morgan fingerprint density at radius 1 is 1.29 bits per heavy atom. The molecule has 0 amide bonds. The monoisotopic (exact) mass is 314 g/mol. The SMILES string of the molecule is CC(C)c1cc(CCl)c(Cl)c(Br)c1Cl. The fraction of sp³-hybridized carbons (Fsp3) is 0.400. The third-order valence-electron chi connectivity index (χ3n) is 2.02. The maximum atomic E-state index is 6.15. The van der Waals surface area contributed by atoms with Crippen molar-refractivity contribution in [3.8, 4) is 0 Å². The van der Waals surface area contributed by atoms with Crippen LogP contribution in [-0.4, -0.2) is 0 Å². The van der Waals surface area contributed by atoms with Gasteiger partial charge in [0.2, 0.25) is 0 Å². The number of halogens is 4. The summed E-state index contributed by atoms with van der Waals surface area (Å²) in [7, 11) is 0. The van der Waals surface area contributed by atoms with Gasteiger partial charge in [0.1, 0.15) is 0 Å². The van der Waals surface area contributed by atoms with Gasteiger partial charge in [0.15, 0.2) is 0 Å². The van der Waals surface area contributed by atoms with Gasteiger partial charge < -0.3 is 0 Å². The van der Waals surface area contributed by atoms with Gasteiger partial charge in [0.25, 0.3) is 0 Å². The molecule has 4 heteroatoms. The highest BCUT2D eigenvalue weighted by Gasteiger charge is 2.14. The second-order valence-electron chi connectivity index (χ2n) is 3.36. The van der Waals surface area contributed by atoms with E-state index in [2.05, 4.69) is 29.8 Å². The fourth-order valence-electron chi connectivity index (χ4n) is 1.20. The molecule has 0 saturated heterocycles. The Hall–Kier alpha value is 0.570. The van der Waals surface area contributed by atoms with Crippen molar-refractivity contribution in [1.29, 1.82) is 0 Å². The van der Waals surface area contributed by atoms with E-state index in [1.807, 2.05) is 6.07 Å².